The number of halogens is 3. The number of carbonyl (C=O) groups excluding carboxylic acids is 2. The van der Waals surface area contributed by atoms with Crippen LogP contribution in [0.2, 0.25) is 0 Å². The zero-order chi connectivity index (χ0) is 23.4. The van der Waals surface area contributed by atoms with Crippen molar-refractivity contribution in [1.29, 1.82) is 0 Å². The molecule has 11 heteroatoms. The fraction of sp³-hybridized carbons (Fsp3) is 0.409. The molecular weight excluding hydrogens is 459 g/mol. The molecule has 1 saturated carbocycles. The van der Waals surface area contributed by atoms with Crippen molar-refractivity contribution in [2.24, 2.45) is 0 Å². The van der Waals surface area contributed by atoms with Crippen molar-refractivity contribution in [2.45, 2.75) is 55.4 Å². The number of nitrogens with zero attached hydrogens (tertiary/aromatic N) is 2. The zero-order valence-electron chi connectivity index (χ0n) is 17.3. The Morgan fingerprint density at radius 2 is 1.91 bits per heavy atom. The highest BCUT2D eigenvalue weighted by Gasteiger charge is 2.45. The first kappa shape index (κ1) is 21.9. The number of pyridine rings is 1. The van der Waals surface area contributed by atoms with Gasteiger partial charge in [0.2, 0.25) is 5.43 Å². The van der Waals surface area contributed by atoms with E-state index >= 15 is 0 Å². The number of benzene rings is 1. The molecule has 1 saturated heterocycles. The Balaban J connectivity index is 1.44. The van der Waals surface area contributed by atoms with Gasteiger partial charge in [-0.05, 0) is 19.3 Å². The second kappa shape index (κ2) is 8.12. The van der Waals surface area contributed by atoms with Crippen molar-refractivity contribution in [3.8, 4) is 5.75 Å². The van der Waals surface area contributed by atoms with E-state index in [1.165, 1.54) is 10.8 Å². The fourth-order valence-electron chi connectivity index (χ4n) is 4.92. The molecule has 2 N–H and O–H groups in total. The van der Waals surface area contributed by atoms with Gasteiger partial charge in [0.05, 0.1) is 11.9 Å². The van der Waals surface area contributed by atoms with Gasteiger partial charge in [-0.15, -0.1) is 11.8 Å². The molecule has 7 nitrogen and oxygen atoms in total. The lowest BCUT2D eigenvalue weighted by atomic mass is 9.92. The van der Waals surface area contributed by atoms with Gasteiger partial charge in [0, 0.05) is 41.7 Å². The van der Waals surface area contributed by atoms with Crippen LogP contribution >= 0.6 is 11.8 Å². The fourth-order valence-corrected chi connectivity index (χ4v) is 6.65. The molecule has 2 amide bonds. The Morgan fingerprint density at radius 3 is 2.64 bits per heavy atom. The van der Waals surface area contributed by atoms with Crippen molar-refractivity contribution in [1.82, 2.24) is 14.8 Å². The maximum absolute atomic E-state index is 13.8. The first-order valence-electron chi connectivity index (χ1n) is 10.6. The summed E-state index contributed by atoms with van der Waals surface area (Å²) < 4.78 is 42.2. The van der Waals surface area contributed by atoms with E-state index in [-0.39, 0.29) is 17.1 Å². The number of aromatic nitrogens is 1. The molecule has 5 rings (SSSR count). The van der Waals surface area contributed by atoms with Crippen molar-refractivity contribution in [2.75, 3.05) is 0 Å². The van der Waals surface area contributed by atoms with Crippen molar-refractivity contribution in [3.05, 3.63) is 62.8 Å². The van der Waals surface area contributed by atoms with Gasteiger partial charge in [0.15, 0.2) is 11.4 Å². The van der Waals surface area contributed by atoms with Crippen LogP contribution in [0.15, 0.2) is 23.1 Å². The van der Waals surface area contributed by atoms with Crippen LogP contribution in [0.3, 0.4) is 0 Å². The van der Waals surface area contributed by atoms with Crippen LogP contribution in [0.4, 0.5) is 13.2 Å². The number of thioether (sulfide) groups is 1. The molecule has 3 atom stereocenters. The molecule has 1 aromatic carbocycles. The van der Waals surface area contributed by atoms with Crippen LogP contribution in [-0.4, -0.2) is 43.1 Å². The zero-order valence-corrected chi connectivity index (χ0v) is 18.1. The third-order valence-corrected chi connectivity index (χ3v) is 7.98. The van der Waals surface area contributed by atoms with E-state index in [4.69, 9.17) is 0 Å². The largest absolute Gasteiger partial charge is 0.503 e. The predicted octanol–water partition coefficient (Wildman–Crippen LogP) is 2.74. The summed E-state index contributed by atoms with van der Waals surface area (Å²) in [6.07, 6.45) is 5.05. The van der Waals surface area contributed by atoms with E-state index in [9.17, 15) is 32.7 Å². The lowest BCUT2D eigenvalue weighted by Gasteiger charge is -2.50. The minimum Gasteiger partial charge on any atom is -0.503 e. The van der Waals surface area contributed by atoms with Crippen molar-refractivity contribution < 1.29 is 27.9 Å². The summed E-state index contributed by atoms with van der Waals surface area (Å²) in [7, 11) is 0. The summed E-state index contributed by atoms with van der Waals surface area (Å²) in [6.45, 7) is -0.332. The molecule has 0 spiro atoms. The van der Waals surface area contributed by atoms with Gasteiger partial charge in [-0.1, -0.05) is 6.42 Å². The normalized spacial score (nSPS) is 23.7. The molecule has 33 heavy (non-hydrogen) atoms. The number of fused-ring (bicyclic) bond motifs is 5. The summed E-state index contributed by atoms with van der Waals surface area (Å²) in [6, 6.07) is 1.03. The molecule has 2 bridgehead atoms. The van der Waals surface area contributed by atoms with Crippen LogP contribution in [-0.2, 0) is 13.1 Å². The van der Waals surface area contributed by atoms with E-state index in [1.807, 2.05) is 0 Å². The number of nitrogens with one attached hydrogen (secondary N) is 1. The topological polar surface area (TPSA) is 91.6 Å². The Kier molecular flexibility index (Phi) is 5.38. The van der Waals surface area contributed by atoms with E-state index in [2.05, 4.69) is 5.32 Å². The number of amides is 2. The number of aromatic hydroxyl groups is 1. The van der Waals surface area contributed by atoms with Crippen LogP contribution < -0.4 is 10.7 Å². The molecule has 3 heterocycles. The molecule has 2 aliphatic heterocycles. The highest BCUT2D eigenvalue weighted by molar-refractivity contribution is 8.00. The van der Waals surface area contributed by atoms with Gasteiger partial charge >= 0.3 is 0 Å². The minimum absolute atomic E-state index is 0.0641. The third-order valence-electron chi connectivity index (χ3n) is 6.47. The Bertz CT molecular complexity index is 1210. The monoisotopic (exact) mass is 479 g/mol. The highest BCUT2D eigenvalue weighted by Crippen LogP contribution is 2.44. The number of hydrogen-bond donors (Lipinski definition) is 2. The summed E-state index contributed by atoms with van der Waals surface area (Å²) in [5, 5.41) is 13.0. The Labute approximate surface area is 190 Å². The number of rotatable bonds is 3. The molecule has 0 radical (unpaired) electrons. The van der Waals surface area contributed by atoms with Gasteiger partial charge in [-0.2, -0.15) is 0 Å². The van der Waals surface area contributed by atoms with Crippen molar-refractivity contribution >= 4 is 23.6 Å². The van der Waals surface area contributed by atoms with Gasteiger partial charge < -0.3 is 19.9 Å². The standard InChI is InChI=1S/C22H20F3N3O4S/c23-10-4-15(24)13(16(25)5-10)7-26-21(31)14-8-27-9-17-28(11-2-1-3-12(6-11)33-17)22(32)18(27)20(30)19(14)29/h4-5,8,11-12,17,30H,1-3,6-7,9H2,(H,26,31)/t11-,12+,17?/m1/s1. The van der Waals surface area contributed by atoms with Crippen LogP contribution in [0.1, 0.15) is 52.1 Å². The molecule has 1 aliphatic carbocycles. The Morgan fingerprint density at radius 1 is 1.18 bits per heavy atom. The molecular formula is C22H20F3N3O4S. The van der Waals surface area contributed by atoms with Gasteiger partial charge in [0.25, 0.3) is 11.8 Å². The molecule has 2 fully saturated rings. The SMILES string of the molecule is O=C(NCc1c(F)cc(F)cc1F)c1cn2c(c(O)c1=O)C(=O)N1C(C2)S[C@H]2CCC[C@@H]1C2. The second-order valence-corrected chi connectivity index (χ2v) is 9.98. The van der Waals surface area contributed by atoms with Gasteiger partial charge in [0.1, 0.15) is 23.0 Å². The van der Waals surface area contributed by atoms with Gasteiger partial charge in [-0.25, -0.2) is 13.2 Å². The van der Waals surface area contributed by atoms with Crippen LogP contribution in [0, 0.1) is 17.5 Å². The maximum Gasteiger partial charge on any atom is 0.275 e. The van der Waals surface area contributed by atoms with E-state index < -0.39 is 58.1 Å². The lowest BCUT2D eigenvalue weighted by molar-refractivity contribution is 0.0496. The van der Waals surface area contributed by atoms with Crippen LogP contribution in [0.25, 0.3) is 0 Å². The van der Waals surface area contributed by atoms with E-state index in [1.54, 1.807) is 16.7 Å². The smallest absolute Gasteiger partial charge is 0.275 e. The molecule has 1 aromatic heterocycles. The molecule has 2 aromatic rings. The second-order valence-electron chi connectivity index (χ2n) is 8.50. The average molecular weight is 479 g/mol. The highest BCUT2D eigenvalue weighted by atomic mass is 32.2. The van der Waals surface area contributed by atoms with Crippen molar-refractivity contribution in [3.63, 3.8) is 0 Å². The summed E-state index contributed by atoms with van der Waals surface area (Å²) in [5.74, 6) is -5.70. The first-order chi connectivity index (χ1) is 15.7. The molecule has 174 valence electrons. The quantitative estimate of drug-likeness (QED) is 0.707. The molecule has 3 aliphatic rings. The third kappa shape index (κ3) is 3.68. The summed E-state index contributed by atoms with van der Waals surface area (Å²) in [5.41, 5.74) is -2.23. The lowest BCUT2D eigenvalue weighted by Crippen LogP contribution is -2.57. The maximum atomic E-state index is 13.8. The average Bonchev–Trinajstić information content (AvgIpc) is 2.75. The molecule has 1 unspecified atom stereocenters. The van der Waals surface area contributed by atoms with E-state index in [0.29, 0.717) is 23.9 Å². The van der Waals surface area contributed by atoms with E-state index in [0.717, 1.165) is 25.7 Å². The first-order valence-corrected chi connectivity index (χ1v) is 11.5. The predicted molar refractivity (Wildman–Crippen MR) is 113 cm³/mol. The summed E-state index contributed by atoms with van der Waals surface area (Å²) >= 11 is 1.68. The van der Waals surface area contributed by atoms with Gasteiger partial charge in [-0.3, -0.25) is 14.4 Å². The Hall–Kier alpha value is -2.95. The number of carbonyl (C=O) groups is 2. The number of hydrogen-bond acceptors (Lipinski definition) is 5. The van der Waals surface area contributed by atoms with Crippen LogP contribution in [0.5, 0.6) is 5.75 Å². The minimum atomic E-state index is -1.18. The summed E-state index contributed by atoms with van der Waals surface area (Å²) in [4.78, 5) is 40.3.